The van der Waals surface area contributed by atoms with Crippen molar-refractivity contribution in [1.82, 2.24) is 9.97 Å². The number of carbonyl (C=O) groups excluding carboxylic acids is 4. The van der Waals surface area contributed by atoms with E-state index < -0.39 is 0 Å². The maximum atomic E-state index is 13.1. The van der Waals surface area contributed by atoms with Gasteiger partial charge < -0.3 is 21.4 Å². The lowest BCUT2D eigenvalue weighted by Gasteiger charge is -2.12. The van der Waals surface area contributed by atoms with Gasteiger partial charge in [0.25, 0.3) is 11.1 Å². The summed E-state index contributed by atoms with van der Waals surface area (Å²) in [5.74, 6) is -0.562. The Morgan fingerprint density at radius 3 is 1.36 bits per heavy atom. The highest BCUT2D eigenvalue weighted by Gasteiger charge is 2.20. The first kappa shape index (κ1) is 59.6. The quantitative estimate of drug-likeness (QED) is 0.0468. The lowest BCUT2D eigenvalue weighted by molar-refractivity contribution is 0.101. The first-order valence-corrected chi connectivity index (χ1v) is 26.5. The molecule has 9 aromatic carbocycles. The number of nitrogens with one attached hydrogen (secondary N) is 2. The van der Waals surface area contributed by atoms with Crippen LogP contribution in [-0.4, -0.2) is 33.6 Å². The molecule has 0 unspecified atom stereocenters. The zero-order valence-corrected chi connectivity index (χ0v) is 46.6. The van der Waals surface area contributed by atoms with Crippen LogP contribution in [0.1, 0.15) is 90.2 Å². The normalized spacial score (nSPS) is 10.3. The highest BCUT2D eigenvalue weighted by Crippen LogP contribution is 2.32. The Bertz CT molecular complexity index is 4300. The van der Waals surface area contributed by atoms with Gasteiger partial charge in [-0.25, -0.2) is 0 Å². The number of fused-ring (bicyclic) bond motifs is 2. The number of allylic oxidation sites excluding steroid dienone is 1. The third kappa shape index (κ3) is 15.8. The van der Waals surface area contributed by atoms with Gasteiger partial charge in [0.2, 0.25) is 0 Å². The fourth-order valence-electron chi connectivity index (χ4n) is 8.92. The van der Waals surface area contributed by atoms with E-state index in [1.807, 2.05) is 216 Å². The largest absolute Gasteiger partial charge is 0.398 e. The molecule has 0 bridgehead atoms. The van der Waals surface area contributed by atoms with Crippen molar-refractivity contribution in [1.29, 1.82) is 5.26 Å². The Labute approximate surface area is 484 Å². The van der Waals surface area contributed by atoms with Gasteiger partial charge in [0.15, 0.2) is 17.3 Å². The van der Waals surface area contributed by atoms with Crippen LogP contribution >= 0.6 is 0 Å². The summed E-state index contributed by atoms with van der Waals surface area (Å²) in [5.41, 5.74) is 24.3. The molecule has 0 aliphatic heterocycles. The van der Waals surface area contributed by atoms with E-state index in [9.17, 15) is 28.8 Å². The number of pyridine rings is 2. The summed E-state index contributed by atoms with van der Waals surface area (Å²) in [6.07, 6.45) is 4.03. The second kappa shape index (κ2) is 28.7. The first-order chi connectivity index (χ1) is 40.1. The number of ketones is 3. The molecular formula is C72H65N5O6. The van der Waals surface area contributed by atoms with E-state index in [-0.39, 0.29) is 42.4 Å². The van der Waals surface area contributed by atoms with Crippen LogP contribution in [0.4, 0.5) is 11.4 Å². The van der Waals surface area contributed by atoms with Crippen molar-refractivity contribution < 1.29 is 22.0 Å². The van der Waals surface area contributed by atoms with Crippen LogP contribution < -0.4 is 22.6 Å². The van der Waals surface area contributed by atoms with Crippen molar-refractivity contribution in [2.75, 3.05) is 11.5 Å². The van der Waals surface area contributed by atoms with Gasteiger partial charge in [-0.2, -0.15) is 5.26 Å². The van der Waals surface area contributed by atoms with E-state index in [1.54, 1.807) is 48.5 Å². The molecule has 0 fully saturated rings. The molecule has 0 saturated heterocycles. The molecule has 11 nitrogen and oxygen atoms in total. The molecule has 0 radical (unpaired) electrons. The molecule has 0 amide bonds. The minimum atomic E-state index is -0.377. The smallest absolute Gasteiger partial charge is 0.260 e. The molecule has 0 spiro atoms. The summed E-state index contributed by atoms with van der Waals surface area (Å²) in [7, 11) is 0. The number of nitrogens with zero attached hydrogens (tertiary/aromatic N) is 1. The SMILES string of the molecule is CC(=O)c1c(-c2ccccc2)c2cc(C)ccc2[nH]c1=O.Cc1ccc(N)c(C#N)c1.Cc1ccc(N)c(C(=O)c2ccccc2)c1.Cc1ccc2[nH]c(=O)c(C(=O)/C=C/c3ccccc3)c(-c3ccccc3)c2c1.O=Cc1ccccc1.[HH].[HH]. The second-order valence-corrected chi connectivity index (χ2v) is 19.4. The topological polar surface area (TPSA) is 210 Å². The third-order valence-corrected chi connectivity index (χ3v) is 13.0. The lowest BCUT2D eigenvalue weighted by Crippen LogP contribution is -2.18. The molecule has 11 aromatic rings. The van der Waals surface area contributed by atoms with Gasteiger partial charge in [-0.15, -0.1) is 0 Å². The number of nitrogens with two attached hydrogens (primary N) is 2. The second-order valence-electron chi connectivity index (χ2n) is 19.4. The number of rotatable bonds is 9. The van der Waals surface area contributed by atoms with Gasteiger partial charge >= 0.3 is 0 Å². The van der Waals surface area contributed by atoms with Gasteiger partial charge in [0.05, 0.1) is 16.7 Å². The minimum Gasteiger partial charge on any atom is -0.398 e. The summed E-state index contributed by atoms with van der Waals surface area (Å²) < 4.78 is 0. The van der Waals surface area contributed by atoms with E-state index in [2.05, 4.69) is 9.97 Å². The molecule has 2 heterocycles. The Hall–Kier alpha value is -11.1. The number of hydrogen-bond donors (Lipinski definition) is 4. The number of aromatic nitrogens is 2. The Morgan fingerprint density at radius 1 is 0.494 bits per heavy atom. The summed E-state index contributed by atoms with van der Waals surface area (Å²) in [6, 6.07) is 71.5. The summed E-state index contributed by atoms with van der Waals surface area (Å²) in [5, 5.41) is 10.3. The van der Waals surface area contributed by atoms with Crippen molar-refractivity contribution in [3.8, 4) is 28.3 Å². The molecule has 6 N–H and O–H groups in total. The minimum absolute atomic E-state index is 0. The molecule has 0 atom stereocenters. The molecule has 83 heavy (non-hydrogen) atoms. The van der Waals surface area contributed by atoms with Crippen LogP contribution in [0.5, 0.6) is 0 Å². The van der Waals surface area contributed by atoms with Gasteiger partial charge in [-0.05, 0) is 111 Å². The van der Waals surface area contributed by atoms with Crippen molar-refractivity contribution in [3.05, 3.63) is 312 Å². The number of hydrogen-bond acceptors (Lipinski definition) is 9. The van der Waals surface area contributed by atoms with Crippen LogP contribution in [0.15, 0.2) is 240 Å². The van der Waals surface area contributed by atoms with Crippen LogP contribution in [0.2, 0.25) is 0 Å². The molecule has 11 rings (SSSR count). The molecule has 0 aliphatic rings. The maximum Gasteiger partial charge on any atom is 0.260 e. The standard InChI is InChI=1S/C25H19NO2.C18H15NO2.C14H13NO.C8H8N2.C7H6O.2H2/c1-17-12-14-21-20(16-17)23(19-10-6-3-7-11-19)24(25(28)26-21)22(27)15-13-18-8-4-2-5-9-18;1-11-8-9-15-14(10-11)17(13-6-4-3-5-7-13)16(12(2)20)18(21)19-15;1-10-7-8-13(15)12(9-10)14(16)11-5-3-2-4-6-11;1-6-2-3-8(10)7(4-6)5-9;8-6-7-4-2-1-3-5-7;;/h2-16H,1H3,(H,26,28);3-10H,1-2H3,(H,19,21);2-9H,15H2,1H3;2-4H,10H2,1H3;1-6H;2*1H/b15-13+;;;;;;. The fraction of sp³-hybridized carbons (Fsp3) is 0.0694. The van der Waals surface area contributed by atoms with Gasteiger partial charge in [-0.1, -0.05) is 199 Å². The Morgan fingerprint density at radius 2 is 0.904 bits per heavy atom. The molecule has 0 saturated carbocycles. The lowest BCUT2D eigenvalue weighted by atomic mass is 9.93. The molecule has 414 valence electrons. The van der Waals surface area contributed by atoms with E-state index in [4.69, 9.17) is 16.7 Å². The third-order valence-electron chi connectivity index (χ3n) is 13.0. The number of benzene rings is 9. The van der Waals surface area contributed by atoms with Crippen molar-refractivity contribution >= 4 is 62.9 Å². The van der Waals surface area contributed by atoms with Crippen molar-refractivity contribution in [3.63, 3.8) is 0 Å². The number of nitriles is 1. The van der Waals surface area contributed by atoms with Crippen LogP contribution in [-0.2, 0) is 0 Å². The van der Waals surface area contributed by atoms with E-state index in [0.29, 0.717) is 39.2 Å². The number of anilines is 2. The first-order valence-electron chi connectivity index (χ1n) is 26.5. The van der Waals surface area contributed by atoms with Gasteiger partial charge in [-0.3, -0.25) is 28.8 Å². The highest BCUT2D eigenvalue weighted by molar-refractivity contribution is 6.15. The van der Waals surface area contributed by atoms with Crippen LogP contribution in [0.3, 0.4) is 0 Å². The average Bonchev–Trinajstić information content (AvgIpc) is 1.66. The van der Waals surface area contributed by atoms with Crippen LogP contribution in [0, 0.1) is 39.0 Å². The molecular weight excluding hydrogens is 1030 g/mol. The zero-order chi connectivity index (χ0) is 59.4. The van der Waals surface area contributed by atoms with E-state index >= 15 is 0 Å². The fourth-order valence-corrected chi connectivity index (χ4v) is 8.92. The maximum absolute atomic E-state index is 13.1. The Kier molecular flexibility index (Phi) is 20.6. The number of aldehydes is 1. The molecule has 0 aliphatic carbocycles. The summed E-state index contributed by atoms with van der Waals surface area (Å²) in [4.78, 5) is 78.0. The molecule has 2 aromatic heterocycles. The van der Waals surface area contributed by atoms with E-state index in [1.165, 1.54) is 13.0 Å². The van der Waals surface area contributed by atoms with E-state index in [0.717, 1.165) is 72.6 Å². The monoisotopic (exact) mass is 1100 g/mol. The van der Waals surface area contributed by atoms with Gasteiger partial charge in [0.1, 0.15) is 12.4 Å². The summed E-state index contributed by atoms with van der Waals surface area (Å²) in [6.45, 7) is 9.29. The average molecular weight is 1100 g/mol. The number of H-pyrrole nitrogens is 2. The predicted molar refractivity (Wildman–Crippen MR) is 341 cm³/mol. The number of aryl methyl sites for hydroxylation is 4. The van der Waals surface area contributed by atoms with Gasteiger partial charge in [0, 0.05) is 63.9 Å². The Balaban J connectivity index is 0.000000206. The molecule has 11 heteroatoms. The van der Waals surface area contributed by atoms with Crippen molar-refractivity contribution in [2.24, 2.45) is 0 Å². The number of nitrogen functional groups attached to an aromatic ring is 2. The predicted octanol–water partition coefficient (Wildman–Crippen LogP) is 15.4. The number of carbonyl (C=O) groups is 4. The number of aromatic amines is 2. The highest BCUT2D eigenvalue weighted by atomic mass is 16.2. The zero-order valence-electron chi connectivity index (χ0n) is 46.6. The van der Waals surface area contributed by atoms with Crippen LogP contribution in [0.25, 0.3) is 50.1 Å². The van der Waals surface area contributed by atoms with Crippen molar-refractivity contribution in [2.45, 2.75) is 34.6 Å². The summed E-state index contributed by atoms with van der Waals surface area (Å²) >= 11 is 0. The number of Topliss-reactive ketones (excluding diaryl/α,β-unsaturated/α-hetero) is 1.